The minimum Gasteiger partial charge on any atom is -0.361 e. The summed E-state index contributed by atoms with van der Waals surface area (Å²) in [5, 5.41) is 0. The molecule has 5 heteroatoms. The van der Waals surface area contributed by atoms with Gasteiger partial charge in [-0.3, -0.25) is 0 Å². The van der Waals surface area contributed by atoms with Crippen LogP contribution in [0.2, 0.25) is 0 Å². The minimum absolute atomic E-state index is 0.0249. The van der Waals surface area contributed by atoms with Crippen LogP contribution in [-0.4, -0.2) is 24.5 Å². The topological polar surface area (TPSA) is 70.5 Å². The second kappa shape index (κ2) is 3.49. The molecule has 0 aromatic carbocycles. The van der Waals surface area contributed by atoms with Crippen molar-refractivity contribution in [3.8, 4) is 0 Å². The Morgan fingerprint density at radius 2 is 2.10 bits per heavy atom. The summed E-state index contributed by atoms with van der Waals surface area (Å²) in [5.74, 6) is 0.0832. The first-order valence-electron chi connectivity index (χ1n) is 2.88. The second-order valence-electron chi connectivity index (χ2n) is 2.44. The van der Waals surface area contributed by atoms with Gasteiger partial charge in [0.2, 0.25) is 9.84 Å². The summed E-state index contributed by atoms with van der Waals surface area (Å²) < 4.78 is 21.5. The molecule has 0 bridgehead atoms. The highest BCUT2D eigenvalue weighted by atomic mass is 32.2. The molecule has 0 atom stereocenters. The van der Waals surface area contributed by atoms with Crippen molar-refractivity contribution in [3.05, 3.63) is 5.53 Å². The van der Waals surface area contributed by atoms with Crippen molar-refractivity contribution in [1.29, 1.82) is 0 Å². The van der Waals surface area contributed by atoms with Crippen molar-refractivity contribution in [2.24, 2.45) is 5.92 Å². The van der Waals surface area contributed by atoms with Gasteiger partial charge in [0, 0.05) is 0 Å². The van der Waals surface area contributed by atoms with E-state index in [1.165, 1.54) is 0 Å². The Hall–Kier alpha value is -0.670. The molecule has 0 N–H and O–H groups in total. The van der Waals surface area contributed by atoms with Gasteiger partial charge in [-0.2, -0.15) is 4.79 Å². The summed E-state index contributed by atoms with van der Waals surface area (Å²) >= 11 is 0. The van der Waals surface area contributed by atoms with Crippen LogP contribution in [0.3, 0.4) is 0 Å². The predicted molar refractivity (Wildman–Crippen MR) is 38.3 cm³/mol. The molecule has 4 nitrogen and oxygen atoms in total. The summed E-state index contributed by atoms with van der Waals surface area (Å²) in [6, 6.07) is 0. The van der Waals surface area contributed by atoms with Crippen LogP contribution in [0.25, 0.3) is 5.53 Å². The van der Waals surface area contributed by atoms with E-state index in [2.05, 4.69) is 4.79 Å². The van der Waals surface area contributed by atoms with Crippen LogP contribution in [0.15, 0.2) is 0 Å². The lowest BCUT2D eigenvalue weighted by Crippen LogP contribution is -2.12. The van der Waals surface area contributed by atoms with Crippen molar-refractivity contribution in [3.63, 3.8) is 0 Å². The Kier molecular flexibility index (Phi) is 3.25. The van der Waals surface area contributed by atoms with Crippen LogP contribution in [0.1, 0.15) is 13.8 Å². The Balaban J connectivity index is 4.30. The van der Waals surface area contributed by atoms with E-state index in [9.17, 15) is 8.42 Å². The normalized spacial score (nSPS) is 11.1. The van der Waals surface area contributed by atoms with E-state index >= 15 is 0 Å². The van der Waals surface area contributed by atoms with Crippen molar-refractivity contribution < 1.29 is 13.2 Å². The van der Waals surface area contributed by atoms with E-state index in [-0.39, 0.29) is 11.7 Å². The summed E-state index contributed by atoms with van der Waals surface area (Å²) in [4.78, 5) is 2.45. The average Bonchev–Trinajstić information content (AvgIpc) is 1.59. The smallest absolute Gasteiger partial charge is 0.361 e. The molecule has 0 aliphatic carbocycles. The van der Waals surface area contributed by atoms with Gasteiger partial charge < -0.3 is 5.53 Å². The van der Waals surface area contributed by atoms with Gasteiger partial charge in [0.15, 0.2) is 0 Å². The zero-order chi connectivity index (χ0) is 8.20. The lowest BCUT2D eigenvalue weighted by molar-refractivity contribution is 0.00752. The Morgan fingerprint density at radius 1 is 1.60 bits per heavy atom. The van der Waals surface area contributed by atoms with Crippen LogP contribution in [0.4, 0.5) is 0 Å². The van der Waals surface area contributed by atoms with Gasteiger partial charge in [-0.15, -0.1) is 0 Å². The zero-order valence-electron chi connectivity index (χ0n) is 5.98. The van der Waals surface area contributed by atoms with E-state index in [0.717, 1.165) is 0 Å². The first-order valence-corrected chi connectivity index (χ1v) is 4.59. The highest BCUT2D eigenvalue weighted by molar-refractivity contribution is 8.04. The van der Waals surface area contributed by atoms with E-state index in [1.54, 1.807) is 13.8 Å². The second-order valence-corrected chi connectivity index (χ2v) is 4.31. The molecule has 0 fully saturated rings. The molecule has 0 radical (unpaired) electrons. The van der Waals surface area contributed by atoms with Gasteiger partial charge in [0.25, 0.3) is 0 Å². The third kappa shape index (κ3) is 4.23. The van der Waals surface area contributed by atoms with E-state index in [4.69, 9.17) is 5.53 Å². The van der Waals surface area contributed by atoms with E-state index in [1.807, 2.05) is 0 Å². The monoisotopic (exact) mass is 162 g/mol. The van der Waals surface area contributed by atoms with Gasteiger partial charge in [-0.25, -0.2) is 8.42 Å². The molecule has 0 amide bonds. The van der Waals surface area contributed by atoms with Crippen LogP contribution >= 0.6 is 0 Å². The predicted octanol–water partition coefficient (Wildman–Crippen LogP) is 0.315. The molecular weight excluding hydrogens is 152 g/mol. The van der Waals surface area contributed by atoms with E-state index in [0.29, 0.717) is 5.55 Å². The van der Waals surface area contributed by atoms with E-state index < -0.39 is 9.84 Å². The Labute approximate surface area is 60.4 Å². The first-order chi connectivity index (χ1) is 4.48. The summed E-state index contributed by atoms with van der Waals surface area (Å²) in [5.41, 5.74) is 8.47. The van der Waals surface area contributed by atoms with Gasteiger partial charge >= 0.3 is 5.55 Å². The molecule has 0 rings (SSSR count). The molecule has 58 valence electrons. The van der Waals surface area contributed by atoms with Crippen LogP contribution < -0.4 is 0 Å². The zero-order valence-corrected chi connectivity index (χ0v) is 6.80. The number of nitrogens with zero attached hydrogens (tertiary/aromatic N) is 2. The average molecular weight is 162 g/mol. The lowest BCUT2D eigenvalue weighted by Gasteiger charge is -1.96. The molecule has 0 aliphatic rings. The quantitative estimate of drug-likeness (QED) is 0.259. The van der Waals surface area contributed by atoms with Crippen LogP contribution in [-0.2, 0) is 9.84 Å². The fourth-order valence-corrected chi connectivity index (χ4v) is 1.74. The number of hydrogen-bond acceptors (Lipinski definition) is 2. The van der Waals surface area contributed by atoms with Gasteiger partial charge in [-0.05, 0) is 5.92 Å². The first kappa shape index (κ1) is 9.33. The molecular formula is C5H10N2O2S. The summed E-state index contributed by atoms with van der Waals surface area (Å²) in [7, 11) is -3.27. The summed E-state index contributed by atoms with van der Waals surface area (Å²) in [6.07, 6.45) is 0. The number of rotatable bonds is 3. The largest absolute Gasteiger partial charge is 0.370 e. The molecule has 0 aromatic heterocycles. The highest BCUT2D eigenvalue weighted by Crippen LogP contribution is 1.96. The molecule has 0 heterocycles. The van der Waals surface area contributed by atoms with Crippen molar-refractivity contribution >= 4 is 15.4 Å². The van der Waals surface area contributed by atoms with Crippen molar-refractivity contribution in [1.82, 2.24) is 0 Å². The Bertz CT molecular complexity index is 236. The fraction of sp³-hybridized carbons (Fsp3) is 0.800. The van der Waals surface area contributed by atoms with Crippen molar-refractivity contribution in [2.75, 3.05) is 5.75 Å². The minimum atomic E-state index is -3.27. The van der Waals surface area contributed by atoms with Crippen LogP contribution in [0, 0.1) is 5.92 Å². The third-order valence-electron chi connectivity index (χ3n) is 0.773. The molecule has 0 saturated carbocycles. The van der Waals surface area contributed by atoms with Crippen molar-refractivity contribution in [2.45, 2.75) is 13.8 Å². The maximum Gasteiger partial charge on any atom is 0.370 e. The number of hydrogen-bond donors (Lipinski definition) is 0. The maximum atomic E-state index is 10.7. The molecule has 0 saturated heterocycles. The SMILES string of the molecule is CC(C)CS(=O)(=O)C=[N+]=[N-]. The molecule has 0 aliphatic heterocycles. The van der Waals surface area contributed by atoms with Gasteiger partial charge in [0.1, 0.15) is 0 Å². The van der Waals surface area contributed by atoms with Crippen LogP contribution in [0.5, 0.6) is 0 Å². The lowest BCUT2D eigenvalue weighted by atomic mass is 10.3. The fourth-order valence-electron chi connectivity index (χ4n) is 0.579. The standard InChI is InChI=1S/C5H10N2O2S/c1-5(2)3-10(8,9)4-7-6/h4-5H,3H2,1-2H3. The number of sulfone groups is 1. The van der Waals surface area contributed by atoms with Gasteiger partial charge in [0.05, 0.1) is 5.75 Å². The molecule has 0 unspecified atom stereocenters. The summed E-state index contributed by atoms with van der Waals surface area (Å²) in [6.45, 7) is 3.56. The third-order valence-corrected chi connectivity index (χ3v) is 2.32. The van der Waals surface area contributed by atoms with Gasteiger partial charge in [-0.1, -0.05) is 13.8 Å². The maximum absolute atomic E-state index is 10.7. The molecule has 0 aromatic rings. The Morgan fingerprint density at radius 3 is 2.40 bits per heavy atom. The highest BCUT2D eigenvalue weighted by Gasteiger charge is 2.13. The molecule has 0 spiro atoms. The molecule has 10 heavy (non-hydrogen) atoms.